The predicted molar refractivity (Wildman–Crippen MR) is 146 cm³/mol. The summed E-state index contributed by atoms with van der Waals surface area (Å²) in [4.78, 5) is 40.7. The van der Waals surface area contributed by atoms with Crippen molar-refractivity contribution in [2.75, 3.05) is 6.54 Å². The minimum Gasteiger partial charge on any atom is -0.465 e. The number of halogens is 1. The number of nitrogens with zero attached hydrogens (tertiary/aromatic N) is 4. The van der Waals surface area contributed by atoms with Crippen molar-refractivity contribution in [3.63, 3.8) is 0 Å². The molecule has 1 unspecified atom stereocenters. The van der Waals surface area contributed by atoms with Crippen LogP contribution in [0, 0.1) is 0 Å². The molecular weight excluding hydrogens is 506 g/mol. The Bertz CT molecular complexity index is 1500. The first kappa shape index (κ1) is 26.9. The van der Waals surface area contributed by atoms with Crippen LogP contribution in [0.4, 0.5) is 4.79 Å². The van der Waals surface area contributed by atoms with E-state index in [2.05, 4.69) is 5.32 Å². The lowest BCUT2D eigenvalue weighted by atomic mass is 10.0. The van der Waals surface area contributed by atoms with Crippen molar-refractivity contribution in [2.24, 2.45) is 0 Å². The van der Waals surface area contributed by atoms with Gasteiger partial charge in [0, 0.05) is 23.3 Å². The Morgan fingerprint density at radius 2 is 1.76 bits per heavy atom. The number of fused-ring (bicyclic) bond motifs is 1. The number of rotatable bonds is 9. The molecule has 0 saturated heterocycles. The first-order valence-electron chi connectivity index (χ1n) is 12.3. The minimum absolute atomic E-state index is 0.0319. The number of benzene rings is 2. The van der Waals surface area contributed by atoms with E-state index in [-0.39, 0.29) is 24.6 Å². The number of hydrogen-bond acceptors (Lipinski definition) is 4. The molecule has 0 fully saturated rings. The Morgan fingerprint density at radius 1 is 1.08 bits per heavy atom. The number of carbonyl (C=O) groups excluding carboxylic acids is 1. The van der Waals surface area contributed by atoms with E-state index in [4.69, 9.17) is 16.7 Å². The van der Waals surface area contributed by atoms with Gasteiger partial charge in [-0.2, -0.15) is 5.10 Å². The lowest BCUT2D eigenvalue weighted by Gasteiger charge is -2.38. The number of aromatic nitrogens is 3. The zero-order valence-corrected chi connectivity index (χ0v) is 22.2. The smallest absolute Gasteiger partial charge is 0.405 e. The molecule has 0 aliphatic rings. The average Bonchev–Trinajstić information content (AvgIpc) is 3.35. The molecule has 1 atom stereocenters. The van der Waals surface area contributed by atoms with E-state index in [1.54, 1.807) is 65.9 Å². The fraction of sp³-hybridized carbons (Fsp3) is 0.286. The number of carbonyl (C=O) groups is 2. The largest absolute Gasteiger partial charge is 0.465 e. The van der Waals surface area contributed by atoms with Gasteiger partial charge < -0.3 is 15.3 Å². The van der Waals surface area contributed by atoms with Crippen LogP contribution in [0.5, 0.6) is 0 Å². The number of amides is 2. The van der Waals surface area contributed by atoms with E-state index in [0.29, 0.717) is 28.3 Å². The third-order valence-corrected chi connectivity index (χ3v) is 6.54. The summed E-state index contributed by atoms with van der Waals surface area (Å²) >= 11 is 6.05. The van der Waals surface area contributed by atoms with Crippen molar-refractivity contribution in [3.05, 3.63) is 105 Å². The van der Waals surface area contributed by atoms with Crippen molar-refractivity contribution in [1.82, 2.24) is 24.4 Å². The molecule has 2 amide bonds. The molecule has 198 valence electrons. The minimum atomic E-state index is -1.20. The maximum absolute atomic E-state index is 13.9. The van der Waals surface area contributed by atoms with Gasteiger partial charge in [0.2, 0.25) is 0 Å². The van der Waals surface area contributed by atoms with Crippen LogP contribution >= 0.6 is 11.6 Å². The van der Waals surface area contributed by atoms with Crippen molar-refractivity contribution in [3.8, 4) is 0 Å². The Hall–Kier alpha value is -4.11. The molecule has 9 nitrogen and oxygen atoms in total. The van der Waals surface area contributed by atoms with Crippen molar-refractivity contribution >= 4 is 29.1 Å². The van der Waals surface area contributed by atoms with Crippen LogP contribution in [0.25, 0.3) is 5.52 Å². The lowest BCUT2D eigenvalue weighted by Crippen LogP contribution is -2.53. The fourth-order valence-corrected chi connectivity index (χ4v) is 4.71. The van der Waals surface area contributed by atoms with Gasteiger partial charge in [-0.1, -0.05) is 48.9 Å². The van der Waals surface area contributed by atoms with Crippen LogP contribution in [0.1, 0.15) is 55.0 Å². The van der Waals surface area contributed by atoms with E-state index < -0.39 is 17.7 Å². The maximum atomic E-state index is 13.9. The van der Waals surface area contributed by atoms with Crippen molar-refractivity contribution in [1.29, 1.82) is 0 Å². The van der Waals surface area contributed by atoms with E-state index in [0.717, 1.165) is 5.56 Å². The van der Waals surface area contributed by atoms with Crippen LogP contribution in [-0.4, -0.2) is 48.3 Å². The second-order valence-electron chi connectivity index (χ2n) is 9.75. The summed E-state index contributed by atoms with van der Waals surface area (Å²) in [6.45, 7) is 5.61. The lowest BCUT2D eigenvalue weighted by molar-refractivity contribution is 0.0587. The van der Waals surface area contributed by atoms with Gasteiger partial charge in [0.25, 0.3) is 11.5 Å². The summed E-state index contributed by atoms with van der Waals surface area (Å²) in [6.07, 6.45) is 0.923. The van der Waals surface area contributed by atoms with Crippen molar-refractivity contribution < 1.29 is 14.7 Å². The van der Waals surface area contributed by atoms with Gasteiger partial charge in [0.05, 0.1) is 18.1 Å². The maximum Gasteiger partial charge on any atom is 0.405 e. The summed E-state index contributed by atoms with van der Waals surface area (Å²) in [5, 5.41) is 17.2. The van der Waals surface area contributed by atoms with E-state index in [1.807, 2.05) is 37.3 Å². The second kappa shape index (κ2) is 11.1. The second-order valence-corrected chi connectivity index (χ2v) is 10.2. The molecule has 2 N–H and O–H groups in total. The standard InChI is InChI=1S/C28H30ClN5O4/c1-4-22(33(18-28(2,3)30-27(37)38)25(35)20-12-14-21(29)15-13-20)24-31-34-16-8-11-23(34)26(36)32(24)17-19-9-6-5-7-10-19/h5-16,22,30H,4,17-18H2,1-3H3,(H,37,38). The van der Waals surface area contributed by atoms with Gasteiger partial charge >= 0.3 is 6.09 Å². The molecule has 2 aromatic carbocycles. The summed E-state index contributed by atoms with van der Waals surface area (Å²) < 4.78 is 3.12. The van der Waals surface area contributed by atoms with Gasteiger partial charge in [0.15, 0.2) is 5.82 Å². The number of hydrogen-bond donors (Lipinski definition) is 2. The van der Waals surface area contributed by atoms with Crippen molar-refractivity contribution in [2.45, 2.75) is 45.3 Å². The molecule has 2 aromatic heterocycles. The highest BCUT2D eigenvalue weighted by Gasteiger charge is 2.34. The van der Waals surface area contributed by atoms with Gasteiger partial charge in [-0.25, -0.2) is 9.31 Å². The molecule has 0 aliphatic heterocycles. The molecule has 2 heterocycles. The third kappa shape index (κ3) is 5.89. The van der Waals surface area contributed by atoms with Gasteiger partial charge in [-0.05, 0) is 62.2 Å². The zero-order valence-electron chi connectivity index (χ0n) is 21.5. The molecule has 0 aliphatic carbocycles. The van der Waals surface area contributed by atoms with E-state index in [1.165, 1.54) is 4.52 Å². The molecule has 0 radical (unpaired) electrons. The molecule has 38 heavy (non-hydrogen) atoms. The predicted octanol–water partition coefficient (Wildman–Crippen LogP) is 4.84. The SMILES string of the molecule is CCC(c1nn2cccc2c(=O)n1Cc1ccccc1)N(CC(C)(C)NC(=O)O)C(=O)c1ccc(Cl)cc1. The van der Waals surface area contributed by atoms with Crippen LogP contribution in [0.3, 0.4) is 0 Å². The molecule has 0 bridgehead atoms. The Balaban J connectivity index is 1.88. The monoisotopic (exact) mass is 535 g/mol. The van der Waals surface area contributed by atoms with E-state index >= 15 is 0 Å². The van der Waals surface area contributed by atoms with Crippen LogP contribution in [0.15, 0.2) is 77.7 Å². The molecule has 4 aromatic rings. The summed E-state index contributed by atoms with van der Waals surface area (Å²) in [6, 6.07) is 18.9. The molecule has 4 rings (SSSR count). The molecule has 10 heteroatoms. The number of carboxylic acid groups (broad SMARTS) is 1. The highest BCUT2D eigenvalue weighted by Crippen LogP contribution is 2.27. The highest BCUT2D eigenvalue weighted by molar-refractivity contribution is 6.30. The first-order valence-corrected chi connectivity index (χ1v) is 12.7. The molecule has 0 spiro atoms. The average molecular weight is 536 g/mol. The normalized spacial score (nSPS) is 12.3. The van der Waals surface area contributed by atoms with Gasteiger partial charge in [0.1, 0.15) is 5.52 Å². The quantitative estimate of drug-likeness (QED) is 0.319. The van der Waals surface area contributed by atoms with Gasteiger partial charge in [-0.15, -0.1) is 0 Å². The molecule has 0 saturated carbocycles. The Kier molecular flexibility index (Phi) is 7.87. The molecular formula is C28H30ClN5O4. The highest BCUT2D eigenvalue weighted by atomic mass is 35.5. The Labute approximate surface area is 225 Å². The first-order chi connectivity index (χ1) is 18.1. The number of nitrogens with one attached hydrogen (secondary N) is 1. The van der Waals surface area contributed by atoms with E-state index in [9.17, 15) is 19.5 Å². The van der Waals surface area contributed by atoms with Crippen LogP contribution in [-0.2, 0) is 6.54 Å². The summed E-state index contributed by atoms with van der Waals surface area (Å²) in [5.41, 5.74) is 0.487. The summed E-state index contributed by atoms with van der Waals surface area (Å²) in [5.74, 6) is 0.0698. The summed E-state index contributed by atoms with van der Waals surface area (Å²) in [7, 11) is 0. The fourth-order valence-electron chi connectivity index (χ4n) is 4.58. The zero-order chi connectivity index (χ0) is 27.4. The van der Waals surface area contributed by atoms with Crippen LogP contribution in [0.2, 0.25) is 5.02 Å². The van der Waals surface area contributed by atoms with Gasteiger partial charge in [-0.3, -0.25) is 14.2 Å². The Morgan fingerprint density at radius 3 is 2.39 bits per heavy atom. The topological polar surface area (TPSA) is 109 Å². The van der Waals surface area contributed by atoms with Crippen LogP contribution < -0.4 is 10.9 Å². The third-order valence-electron chi connectivity index (χ3n) is 6.29.